The van der Waals surface area contributed by atoms with Gasteiger partial charge >= 0.3 is 0 Å². The fourth-order valence-electron chi connectivity index (χ4n) is 2.68. The van der Waals surface area contributed by atoms with E-state index in [2.05, 4.69) is 16.7 Å². The number of carbonyl (C=O) groups is 1. The molecule has 1 aromatic carbocycles. The summed E-state index contributed by atoms with van der Waals surface area (Å²) in [5, 5.41) is 0. The number of Topliss-reactive ketones (excluding diaryl/α,β-unsaturated/α-hetero) is 1. The number of hydrogen-bond acceptors (Lipinski definition) is 5. The highest BCUT2D eigenvalue weighted by Gasteiger charge is 2.17. The van der Waals surface area contributed by atoms with Crippen LogP contribution in [0.15, 0.2) is 24.3 Å². The van der Waals surface area contributed by atoms with Crippen LogP contribution >= 0.6 is 0 Å². The Hall–Kier alpha value is -1.43. The molecule has 0 bridgehead atoms. The lowest BCUT2D eigenvalue weighted by atomic mass is 10.2. The number of aryl methyl sites for hydroxylation is 1. The number of piperazine rings is 1. The van der Waals surface area contributed by atoms with E-state index in [0.717, 1.165) is 45.1 Å². The SMILES string of the molecule is CCC(=O)CN1CCN(CCOCCOc2ccc(C)cc2)CC1. The van der Waals surface area contributed by atoms with Crippen LogP contribution in [0, 0.1) is 6.92 Å². The molecule has 0 amide bonds. The minimum absolute atomic E-state index is 0.334. The van der Waals surface area contributed by atoms with Crippen molar-refractivity contribution in [2.45, 2.75) is 20.3 Å². The second kappa shape index (κ2) is 10.4. The van der Waals surface area contributed by atoms with Gasteiger partial charge in [0.15, 0.2) is 0 Å². The molecule has 1 aliphatic heterocycles. The predicted molar refractivity (Wildman–Crippen MR) is 95.7 cm³/mol. The van der Waals surface area contributed by atoms with Gasteiger partial charge < -0.3 is 9.47 Å². The molecule has 134 valence electrons. The van der Waals surface area contributed by atoms with Crippen molar-refractivity contribution >= 4 is 5.78 Å². The number of ether oxygens (including phenoxy) is 2. The Morgan fingerprint density at radius 2 is 1.67 bits per heavy atom. The number of nitrogens with zero attached hydrogens (tertiary/aromatic N) is 2. The molecular formula is C19H30N2O3. The van der Waals surface area contributed by atoms with Crippen LogP contribution < -0.4 is 4.74 Å². The van der Waals surface area contributed by atoms with Crippen LogP contribution in [0.1, 0.15) is 18.9 Å². The van der Waals surface area contributed by atoms with E-state index < -0.39 is 0 Å². The fraction of sp³-hybridized carbons (Fsp3) is 0.632. The first kappa shape index (κ1) is 18.9. The van der Waals surface area contributed by atoms with Gasteiger partial charge in [-0.1, -0.05) is 24.6 Å². The average Bonchev–Trinajstić information content (AvgIpc) is 2.61. The zero-order valence-corrected chi connectivity index (χ0v) is 15.0. The quantitative estimate of drug-likeness (QED) is 0.612. The second-order valence-electron chi connectivity index (χ2n) is 6.28. The third-order valence-corrected chi connectivity index (χ3v) is 4.33. The van der Waals surface area contributed by atoms with Gasteiger partial charge in [-0.25, -0.2) is 0 Å². The molecule has 1 fully saturated rings. The van der Waals surface area contributed by atoms with Crippen LogP contribution in [-0.2, 0) is 9.53 Å². The third kappa shape index (κ3) is 6.99. The summed E-state index contributed by atoms with van der Waals surface area (Å²) in [5.41, 5.74) is 1.23. The normalized spacial score (nSPS) is 16.2. The number of carbonyl (C=O) groups excluding carboxylic acids is 1. The lowest BCUT2D eigenvalue weighted by Crippen LogP contribution is -2.48. The Morgan fingerprint density at radius 3 is 2.33 bits per heavy atom. The summed E-state index contributed by atoms with van der Waals surface area (Å²) in [6, 6.07) is 8.06. The van der Waals surface area contributed by atoms with Gasteiger partial charge in [0.2, 0.25) is 0 Å². The molecular weight excluding hydrogens is 304 g/mol. The topological polar surface area (TPSA) is 42.0 Å². The molecule has 1 aliphatic rings. The van der Waals surface area contributed by atoms with Crippen LogP contribution in [0.25, 0.3) is 0 Å². The van der Waals surface area contributed by atoms with Crippen molar-refractivity contribution < 1.29 is 14.3 Å². The summed E-state index contributed by atoms with van der Waals surface area (Å²) in [4.78, 5) is 16.1. The highest BCUT2D eigenvalue weighted by molar-refractivity contribution is 5.80. The summed E-state index contributed by atoms with van der Waals surface area (Å²) < 4.78 is 11.3. The van der Waals surface area contributed by atoms with Gasteiger partial charge in [0.1, 0.15) is 18.1 Å². The molecule has 0 saturated carbocycles. The monoisotopic (exact) mass is 334 g/mol. The standard InChI is InChI=1S/C19H30N2O3/c1-3-18(22)16-21-10-8-20(9-11-21)12-13-23-14-15-24-19-6-4-17(2)5-7-19/h4-7H,3,8-16H2,1-2H3. The van der Waals surface area contributed by atoms with E-state index >= 15 is 0 Å². The van der Waals surface area contributed by atoms with Crippen molar-refractivity contribution in [2.24, 2.45) is 0 Å². The number of hydrogen-bond donors (Lipinski definition) is 0. The van der Waals surface area contributed by atoms with Crippen LogP contribution in [-0.4, -0.2) is 74.7 Å². The fourth-order valence-corrected chi connectivity index (χ4v) is 2.68. The van der Waals surface area contributed by atoms with E-state index in [1.165, 1.54) is 5.56 Å². The molecule has 0 unspecified atom stereocenters. The van der Waals surface area contributed by atoms with Crippen molar-refractivity contribution in [1.29, 1.82) is 0 Å². The Bertz CT molecular complexity index is 482. The van der Waals surface area contributed by atoms with Gasteiger partial charge in [-0.15, -0.1) is 0 Å². The van der Waals surface area contributed by atoms with Crippen molar-refractivity contribution in [3.05, 3.63) is 29.8 Å². The molecule has 24 heavy (non-hydrogen) atoms. The molecule has 2 rings (SSSR count). The van der Waals surface area contributed by atoms with E-state index in [9.17, 15) is 4.79 Å². The van der Waals surface area contributed by atoms with Gasteiger partial charge in [0.25, 0.3) is 0 Å². The molecule has 0 atom stereocenters. The van der Waals surface area contributed by atoms with E-state index in [-0.39, 0.29) is 0 Å². The van der Waals surface area contributed by atoms with Crippen molar-refractivity contribution in [1.82, 2.24) is 9.80 Å². The largest absolute Gasteiger partial charge is 0.491 e. The van der Waals surface area contributed by atoms with Gasteiger partial charge in [-0.3, -0.25) is 14.6 Å². The molecule has 1 heterocycles. The molecule has 1 aromatic rings. The van der Waals surface area contributed by atoms with E-state index in [1.54, 1.807) is 0 Å². The molecule has 0 aliphatic carbocycles. The minimum atomic E-state index is 0.334. The number of ketones is 1. The predicted octanol–water partition coefficient (Wildman–Crippen LogP) is 1.99. The van der Waals surface area contributed by atoms with Gasteiger partial charge in [0, 0.05) is 39.1 Å². The van der Waals surface area contributed by atoms with E-state index in [0.29, 0.717) is 32.0 Å². The Labute approximate surface area is 145 Å². The zero-order valence-electron chi connectivity index (χ0n) is 15.0. The third-order valence-electron chi connectivity index (χ3n) is 4.33. The number of rotatable bonds is 10. The molecule has 0 aromatic heterocycles. The lowest BCUT2D eigenvalue weighted by Gasteiger charge is -2.34. The number of benzene rings is 1. The highest BCUT2D eigenvalue weighted by Crippen LogP contribution is 2.11. The van der Waals surface area contributed by atoms with Crippen LogP contribution in [0.2, 0.25) is 0 Å². The molecule has 5 heteroatoms. The summed E-state index contributed by atoms with van der Waals surface area (Å²) >= 11 is 0. The van der Waals surface area contributed by atoms with Crippen LogP contribution in [0.4, 0.5) is 0 Å². The summed E-state index contributed by atoms with van der Waals surface area (Å²) in [5.74, 6) is 1.22. The van der Waals surface area contributed by atoms with E-state index in [1.807, 2.05) is 31.2 Å². The first-order valence-corrected chi connectivity index (χ1v) is 8.91. The molecule has 0 radical (unpaired) electrons. The zero-order chi connectivity index (χ0) is 17.2. The maximum Gasteiger partial charge on any atom is 0.146 e. The average molecular weight is 334 g/mol. The van der Waals surface area contributed by atoms with Gasteiger partial charge in [-0.05, 0) is 19.1 Å². The Balaban J connectivity index is 1.48. The Morgan fingerprint density at radius 1 is 1.00 bits per heavy atom. The first-order valence-electron chi connectivity index (χ1n) is 8.91. The van der Waals surface area contributed by atoms with E-state index in [4.69, 9.17) is 9.47 Å². The summed E-state index contributed by atoms with van der Waals surface area (Å²) in [6.07, 6.45) is 0.638. The molecule has 5 nitrogen and oxygen atoms in total. The maximum atomic E-state index is 11.5. The van der Waals surface area contributed by atoms with Gasteiger partial charge in [-0.2, -0.15) is 0 Å². The van der Waals surface area contributed by atoms with Crippen molar-refractivity contribution in [3.63, 3.8) is 0 Å². The first-order chi connectivity index (χ1) is 11.7. The smallest absolute Gasteiger partial charge is 0.146 e. The van der Waals surface area contributed by atoms with Crippen molar-refractivity contribution in [3.8, 4) is 5.75 Å². The van der Waals surface area contributed by atoms with Crippen LogP contribution in [0.3, 0.4) is 0 Å². The van der Waals surface area contributed by atoms with Gasteiger partial charge in [0.05, 0.1) is 19.8 Å². The molecule has 0 N–H and O–H groups in total. The highest BCUT2D eigenvalue weighted by atomic mass is 16.5. The molecule has 0 spiro atoms. The maximum absolute atomic E-state index is 11.5. The van der Waals surface area contributed by atoms with Crippen molar-refractivity contribution in [2.75, 3.05) is 59.1 Å². The lowest BCUT2D eigenvalue weighted by molar-refractivity contribution is -0.120. The minimum Gasteiger partial charge on any atom is -0.491 e. The van der Waals surface area contributed by atoms with Crippen LogP contribution in [0.5, 0.6) is 5.75 Å². The summed E-state index contributed by atoms with van der Waals surface area (Å²) in [7, 11) is 0. The second-order valence-corrected chi connectivity index (χ2v) is 6.28. The molecule has 1 saturated heterocycles. The summed E-state index contributed by atoms with van der Waals surface area (Å²) in [6.45, 7) is 11.4. The Kier molecular flexibility index (Phi) is 8.22.